The molecule has 1 heterocycles. The maximum atomic E-state index is 7.11. The van der Waals surface area contributed by atoms with E-state index in [4.69, 9.17) is 10.5 Å². The Morgan fingerprint density at radius 1 is 1.33 bits per heavy atom. The van der Waals surface area contributed by atoms with E-state index in [0.29, 0.717) is 6.61 Å². The average Bonchev–Trinajstić information content (AvgIpc) is 2.66. The minimum absolute atomic E-state index is 0.0262. The second-order valence-corrected chi connectivity index (χ2v) is 3.07. The molecule has 1 N–H and O–H groups in total. The lowest BCUT2D eigenvalue weighted by Gasteiger charge is -1.97. The van der Waals surface area contributed by atoms with Gasteiger partial charge in [-0.15, -0.1) is 0 Å². The SMILES string of the molecule is [NH-]c1c[n+](COCc2ccccc2)no1. The van der Waals surface area contributed by atoms with E-state index < -0.39 is 0 Å². The van der Waals surface area contributed by atoms with Crippen molar-refractivity contribution in [3.8, 4) is 0 Å². The number of nitrogens with one attached hydrogen (secondary N) is 1. The summed E-state index contributed by atoms with van der Waals surface area (Å²) in [5.41, 5.74) is 8.21. The van der Waals surface area contributed by atoms with Crippen molar-refractivity contribution in [2.45, 2.75) is 13.3 Å². The van der Waals surface area contributed by atoms with Gasteiger partial charge in [-0.1, -0.05) is 30.3 Å². The average molecular weight is 205 g/mol. The summed E-state index contributed by atoms with van der Waals surface area (Å²) in [6.07, 6.45) is 1.46. The number of ether oxygens (including phenoxy) is 1. The molecule has 1 aromatic heterocycles. The summed E-state index contributed by atoms with van der Waals surface area (Å²) in [7, 11) is 0. The summed E-state index contributed by atoms with van der Waals surface area (Å²) < 4.78 is 11.4. The van der Waals surface area contributed by atoms with Gasteiger partial charge in [0.05, 0.1) is 6.61 Å². The molecule has 5 nitrogen and oxygen atoms in total. The molecule has 2 aromatic rings. The molecule has 15 heavy (non-hydrogen) atoms. The van der Waals surface area contributed by atoms with Crippen LogP contribution in [0.25, 0.3) is 5.73 Å². The van der Waals surface area contributed by atoms with Crippen LogP contribution in [-0.4, -0.2) is 5.27 Å². The van der Waals surface area contributed by atoms with Crippen molar-refractivity contribution in [1.29, 1.82) is 0 Å². The molecule has 5 heteroatoms. The highest BCUT2D eigenvalue weighted by atomic mass is 16.5. The van der Waals surface area contributed by atoms with E-state index in [9.17, 15) is 0 Å². The summed E-state index contributed by atoms with van der Waals surface area (Å²) in [6.45, 7) is 0.811. The molecule has 0 unspecified atom stereocenters. The Morgan fingerprint density at radius 2 is 2.13 bits per heavy atom. The van der Waals surface area contributed by atoms with Gasteiger partial charge in [0, 0.05) is 0 Å². The second-order valence-electron chi connectivity index (χ2n) is 3.07. The number of hydrogen-bond acceptors (Lipinski definition) is 3. The van der Waals surface area contributed by atoms with E-state index in [2.05, 4.69) is 9.79 Å². The quantitative estimate of drug-likeness (QED) is 0.715. The Morgan fingerprint density at radius 3 is 2.80 bits per heavy atom. The van der Waals surface area contributed by atoms with Crippen LogP contribution in [0.4, 0.5) is 5.88 Å². The highest BCUT2D eigenvalue weighted by Gasteiger charge is 2.04. The molecule has 0 aliphatic carbocycles. The predicted octanol–water partition coefficient (Wildman–Crippen LogP) is 1.82. The smallest absolute Gasteiger partial charge is 0.282 e. The van der Waals surface area contributed by atoms with Crippen LogP contribution < -0.4 is 4.68 Å². The van der Waals surface area contributed by atoms with E-state index >= 15 is 0 Å². The largest absolute Gasteiger partial charge is 0.660 e. The van der Waals surface area contributed by atoms with Gasteiger partial charge in [0.1, 0.15) is 5.88 Å². The van der Waals surface area contributed by atoms with Gasteiger partial charge in [0.2, 0.25) is 6.20 Å². The minimum Gasteiger partial charge on any atom is -0.660 e. The number of hydrogen-bond donors (Lipinski definition) is 0. The molecular weight excluding hydrogens is 194 g/mol. The molecule has 0 bridgehead atoms. The zero-order chi connectivity index (χ0) is 10.5. The molecule has 0 atom stereocenters. The van der Waals surface area contributed by atoms with Crippen LogP contribution in [0.3, 0.4) is 0 Å². The topological polar surface area (TPSA) is 62.9 Å². The number of aromatic nitrogens is 2. The van der Waals surface area contributed by atoms with Crippen molar-refractivity contribution >= 4 is 5.88 Å². The molecular formula is C10H11N3O2. The lowest BCUT2D eigenvalue weighted by Crippen LogP contribution is -2.35. The zero-order valence-electron chi connectivity index (χ0n) is 8.09. The highest BCUT2D eigenvalue weighted by molar-refractivity contribution is 5.19. The molecule has 0 saturated carbocycles. The molecule has 0 saturated heterocycles. The van der Waals surface area contributed by atoms with E-state index in [-0.39, 0.29) is 12.6 Å². The Kier molecular flexibility index (Phi) is 2.94. The summed E-state index contributed by atoms with van der Waals surface area (Å²) in [6, 6.07) is 9.86. The second kappa shape index (κ2) is 4.56. The first-order valence-corrected chi connectivity index (χ1v) is 4.54. The Hall–Kier alpha value is -1.88. The van der Waals surface area contributed by atoms with Crippen LogP contribution in [-0.2, 0) is 18.1 Å². The first-order valence-electron chi connectivity index (χ1n) is 4.54. The third-order valence-corrected chi connectivity index (χ3v) is 1.85. The normalized spacial score (nSPS) is 10.4. The highest BCUT2D eigenvalue weighted by Crippen LogP contribution is 2.02. The molecule has 0 fully saturated rings. The van der Waals surface area contributed by atoms with Crippen LogP contribution in [0.15, 0.2) is 41.1 Å². The Labute approximate surface area is 87.0 Å². The Balaban J connectivity index is 1.80. The van der Waals surface area contributed by atoms with Crippen molar-refractivity contribution < 1.29 is 13.9 Å². The molecule has 0 aliphatic heterocycles. The van der Waals surface area contributed by atoms with E-state index in [1.165, 1.54) is 10.9 Å². The predicted molar refractivity (Wildman–Crippen MR) is 51.9 cm³/mol. The maximum absolute atomic E-state index is 7.11. The molecule has 0 radical (unpaired) electrons. The fourth-order valence-corrected chi connectivity index (χ4v) is 1.17. The monoisotopic (exact) mass is 205 g/mol. The van der Waals surface area contributed by atoms with Gasteiger partial charge >= 0.3 is 0 Å². The first-order chi connectivity index (χ1) is 7.34. The third-order valence-electron chi connectivity index (χ3n) is 1.85. The standard InChI is InChI=1S/C10H11N3O2/c11-10-6-13(12-15-10)8-14-7-9-4-2-1-3-5-9/h1-6,11H,7-8H2. The van der Waals surface area contributed by atoms with E-state index in [1.807, 2.05) is 30.3 Å². The third kappa shape index (κ3) is 2.78. The molecule has 0 amide bonds. The molecule has 78 valence electrons. The zero-order valence-corrected chi connectivity index (χ0v) is 8.09. The lowest BCUT2D eigenvalue weighted by atomic mass is 10.2. The number of nitrogens with zero attached hydrogens (tertiary/aromatic N) is 2. The fourth-order valence-electron chi connectivity index (χ4n) is 1.17. The number of rotatable bonds is 4. The van der Waals surface area contributed by atoms with E-state index in [0.717, 1.165) is 5.56 Å². The summed E-state index contributed by atoms with van der Waals surface area (Å²) in [5, 5.41) is 3.58. The molecule has 0 spiro atoms. The summed E-state index contributed by atoms with van der Waals surface area (Å²) >= 11 is 0. The molecule has 1 aromatic carbocycles. The van der Waals surface area contributed by atoms with E-state index in [1.54, 1.807) is 0 Å². The van der Waals surface area contributed by atoms with Crippen LogP contribution >= 0.6 is 0 Å². The van der Waals surface area contributed by atoms with Crippen LogP contribution in [0.5, 0.6) is 0 Å². The first kappa shape index (κ1) is 9.67. The van der Waals surface area contributed by atoms with Gasteiger partial charge in [-0.05, 0) is 10.2 Å². The van der Waals surface area contributed by atoms with Crippen molar-refractivity contribution in [2.24, 2.45) is 0 Å². The molecule has 2 rings (SSSR count). The van der Waals surface area contributed by atoms with Crippen LogP contribution in [0.1, 0.15) is 5.56 Å². The Bertz CT molecular complexity index is 414. The lowest BCUT2D eigenvalue weighted by molar-refractivity contribution is -0.793. The van der Waals surface area contributed by atoms with Gasteiger partial charge in [0.25, 0.3) is 6.73 Å². The number of benzene rings is 1. The fraction of sp³-hybridized carbons (Fsp3) is 0.200. The van der Waals surface area contributed by atoms with Crippen molar-refractivity contribution in [3.63, 3.8) is 0 Å². The van der Waals surface area contributed by atoms with Crippen LogP contribution in [0, 0.1) is 0 Å². The maximum Gasteiger partial charge on any atom is 0.282 e. The van der Waals surface area contributed by atoms with Gasteiger partial charge in [-0.25, -0.2) is 0 Å². The van der Waals surface area contributed by atoms with Crippen LogP contribution in [0.2, 0.25) is 0 Å². The van der Waals surface area contributed by atoms with Gasteiger partial charge in [-0.3, -0.25) is 0 Å². The summed E-state index contributed by atoms with van der Waals surface area (Å²) in [4.78, 5) is 0. The van der Waals surface area contributed by atoms with Crippen molar-refractivity contribution in [3.05, 3.63) is 47.8 Å². The van der Waals surface area contributed by atoms with Crippen molar-refractivity contribution in [2.75, 3.05) is 0 Å². The minimum atomic E-state index is 0.0262. The summed E-state index contributed by atoms with van der Waals surface area (Å²) in [5.74, 6) is 0.0262. The van der Waals surface area contributed by atoms with Gasteiger partial charge in [0.15, 0.2) is 5.27 Å². The molecule has 0 aliphatic rings. The van der Waals surface area contributed by atoms with Crippen molar-refractivity contribution in [1.82, 2.24) is 5.27 Å². The van der Waals surface area contributed by atoms with Gasteiger partial charge < -0.3 is 15.0 Å². The van der Waals surface area contributed by atoms with Gasteiger partial charge in [-0.2, -0.15) is 0 Å².